The van der Waals surface area contributed by atoms with Gasteiger partial charge in [0.2, 0.25) is 5.91 Å². The minimum absolute atomic E-state index is 0. The highest BCUT2D eigenvalue weighted by atomic mass is 79.9. The van der Waals surface area contributed by atoms with Crippen LogP contribution < -0.4 is 10.1 Å². The number of carbonyl (C=O) groups excluding carboxylic acids is 2. The van der Waals surface area contributed by atoms with Crippen molar-refractivity contribution in [1.82, 2.24) is 15.1 Å². The Kier molecular flexibility index (Phi) is 7.10. The zero-order valence-corrected chi connectivity index (χ0v) is 16.6. The number of benzene rings is 1. The number of piperidine rings is 1. The van der Waals surface area contributed by atoms with Gasteiger partial charge >= 0.3 is 0 Å². The highest BCUT2D eigenvalue weighted by Crippen LogP contribution is 2.26. The number of ether oxygens (including phenoxy) is 1. The van der Waals surface area contributed by atoms with Gasteiger partial charge in [-0.3, -0.25) is 9.59 Å². The van der Waals surface area contributed by atoms with Crippen molar-refractivity contribution in [3.63, 3.8) is 0 Å². The number of hydrogen-bond acceptors (Lipinski definition) is 4. The lowest BCUT2D eigenvalue weighted by atomic mass is 10.0. The fraction of sp³-hybridized carbons (Fsp3) is 0.529. The molecular weight excluding hydrogens is 410 g/mol. The molecule has 2 fully saturated rings. The van der Waals surface area contributed by atoms with Crippen LogP contribution in [0.25, 0.3) is 0 Å². The van der Waals surface area contributed by atoms with Crippen LogP contribution in [0, 0.1) is 0 Å². The van der Waals surface area contributed by atoms with Gasteiger partial charge in [-0.2, -0.15) is 0 Å². The van der Waals surface area contributed by atoms with E-state index in [0.717, 1.165) is 30.4 Å². The fourth-order valence-electron chi connectivity index (χ4n) is 3.41. The highest BCUT2D eigenvalue weighted by molar-refractivity contribution is 9.10. The van der Waals surface area contributed by atoms with Crippen molar-refractivity contribution in [1.29, 1.82) is 0 Å². The quantitative estimate of drug-likeness (QED) is 0.793. The molecule has 0 radical (unpaired) electrons. The number of halogens is 2. The van der Waals surface area contributed by atoms with Crippen molar-refractivity contribution < 1.29 is 14.3 Å². The normalized spacial score (nSPS) is 20.9. The van der Waals surface area contributed by atoms with Gasteiger partial charge in [0.25, 0.3) is 5.91 Å². The smallest absolute Gasteiger partial charge is 0.257 e. The van der Waals surface area contributed by atoms with Gasteiger partial charge in [-0.15, -0.1) is 12.4 Å². The lowest BCUT2D eigenvalue weighted by Crippen LogP contribution is -2.57. The van der Waals surface area contributed by atoms with Crippen LogP contribution in [-0.4, -0.2) is 67.5 Å². The number of nitrogens with one attached hydrogen (secondary N) is 1. The van der Waals surface area contributed by atoms with Crippen molar-refractivity contribution >= 4 is 40.2 Å². The van der Waals surface area contributed by atoms with Gasteiger partial charge < -0.3 is 19.9 Å². The molecule has 0 saturated carbocycles. The molecule has 1 N–H and O–H groups in total. The third-order valence-corrected chi connectivity index (χ3v) is 5.14. The fourth-order valence-corrected chi connectivity index (χ4v) is 3.75. The molecule has 0 aliphatic carbocycles. The van der Waals surface area contributed by atoms with E-state index < -0.39 is 0 Å². The number of piperazine rings is 1. The first kappa shape index (κ1) is 20.0. The van der Waals surface area contributed by atoms with E-state index in [1.807, 2.05) is 15.9 Å². The maximum atomic E-state index is 12.9. The zero-order chi connectivity index (χ0) is 17.1. The van der Waals surface area contributed by atoms with Crippen LogP contribution in [0.4, 0.5) is 0 Å². The molecule has 1 aromatic carbocycles. The summed E-state index contributed by atoms with van der Waals surface area (Å²) in [5.41, 5.74) is 0.563. The van der Waals surface area contributed by atoms with E-state index in [4.69, 9.17) is 4.74 Å². The molecule has 6 nitrogen and oxygen atoms in total. The number of rotatable bonds is 3. The van der Waals surface area contributed by atoms with Gasteiger partial charge in [-0.25, -0.2) is 0 Å². The molecule has 1 unspecified atom stereocenters. The Morgan fingerprint density at radius 3 is 2.88 bits per heavy atom. The Hall–Kier alpha value is -1.31. The maximum absolute atomic E-state index is 12.9. The van der Waals surface area contributed by atoms with Crippen molar-refractivity contribution in [2.24, 2.45) is 0 Å². The standard InChI is InChI=1S/C17H22BrN3O3.ClH/c1-24-15-9-12(18)4-5-14(15)17(23)20-7-2-3-13(11-20)21-8-6-19-10-16(21)22;/h4-5,9,13,19H,2-3,6-8,10-11H2,1H3;1H. The number of methoxy groups -OCH3 is 1. The molecule has 25 heavy (non-hydrogen) atoms. The zero-order valence-electron chi connectivity index (χ0n) is 14.2. The Morgan fingerprint density at radius 1 is 1.36 bits per heavy atom. The van der Waals surface area contributed by atoms with Crippen LogP contribution in [0.15, 0.2) is 22.7 Å². The SMILES string of the molecule is COc1cc(Br)ccc1C(=O)N1CCCC(N2CCNCC2=O)C1.Cl. The van der Waals surface area contributed by atoms with Crippen LogP contribution in [0.3, 0.4) is 0 Å². The van der Waals surface area contributed by atoms with Gasteiger partial charge in [-0.05, 0) is 31.0 Å². The van der Waals surface area contributed by atoms with Crippen molar-refractivity contribution in [2.45, 2.75) is 18.9 Å². The third kappa shape index (κ3) is 4.46. The van der Waals surface area contributed by atoms with Crippen molar-refractivity contribution in [3.8, 4) is 5.75 Å². The molecule has 2 aliphatic heterocycles. The summed E-state index contributed by atoms with van der Waals surface area (Å²) in [6, 6.07) is 5.54. The second-order valence-electron chi connectivity index (χ2n) is 6.16. The summed E-state index contributed by atoms with van der Waals surface area (Å²) >= 11 is 3.40. The van der Waals surface area contributed by atoms with Gasteiger partial charge in [0.1, 0.15) is 5.75 Å². The van der Waals surface area contributed by atoms with E-state index in [9.17, 15) is 9.59 Å². The molecule has 3 rings (SSSR count). The first-order valence-corrected chi connectivity index (χ1v) is 9.02. The number of nitrogens with zero attached hydrogens (tertiary/aromatic N) is 2. The van der Waals surface area contributed by atoms with E-state index in [0.29, 0.717) is 30.9 Å². The summed E-state index contributed by atoms with van der Waals surface area (Å²) in [7, 11) is 1.57. The molecule has 1 atom stereocenters. The van der Waals surface area contributed by atoms with Crippen LogP contribution in [0.5, 0.6) is 5.75 Å². The van der Waals surface area contributed by atoms with Crippen LogP contribution in [0.1, 0.15) is 23.2 Å². The lowest BCUT2D eigenvalue weighted by molar-refractivity contribution is -0.135. The summed E-state index contributed by atoms with van der Waals surface area (Å²) in [6.45, 7) is 3.23. The molecule has 2 saturated heterocycles. The van der Waals surface area contributed by atoms with Gasteiger partial charge in [0.15, 0.2) is 0 Å². The average molecular weight is 433 g/mol. The van der Waals surface area contributed by atoms with Gasteiger partial charge in [0.05, 0.1) is 19.2 Å². The molecular formula is C17H23BrClN3O3. The highest BCUT2D eigenvalue weighted by Gasteiger charge is 2.32. The predicted octanol–water partition coefficient (Wildman–Crippen LogP) is 1.92. The molecule has 1 aromatic rings. The summed E-state index contributed by atoms with van der Waals surface area (Å²) in [5.74, 6) is 0.656. The van der Waals surface area contributed by atoms with Crippen LogP contribution in [-0.2, 0) is 4.79 Å². The largest absolute Gasteiger partial charge is 0.496 e. The molecule has 0 aromatic heterocycles. The molecule has 0 bridgehead atoms. The Morgan fingerprint density at radius 2 is 2.16 bits per heavy atom. The first-order chi connectivity index (χ1) is 11.6. The molecule has 0 spiro atoms. The number of carbonyl (C=O) groups is 2. The predicted molar refractivity (Wildman–Crippen MR) is 101 cm³/mol. The first-order valence-electron chi connectivity index (χ1n) is 8.23. The summed E-state index contributed by atoms with van der Waals surface area (Å²) in [5, 5.41) is 3.09. The monoisotopic (exact) mass is 431 g/mol. The Bertz CT molecular complexity index is 644. The van der Waals surface area contributed by atoms with Crippen LogP contribution in [0.2, 0.25) is 0 Å². The Balaban J connectivity index is 0.00000225. The van der Waals surface area contributed by atoms with Crippen molar-refractivity contribution in [2.75, 3.05) is 39.8 Å². The van der Waals surface area contributed by atoms with Crippen LogP contribution >= 0.6 is 28.3 Å². The summed E-state index contributed by atoms with van der Waals surface area (Å²) in [6.07, 6.45) is 1.86. The van der Waals surface area contributed by atoms with E-state index in [1.54, 1.807) is 19.2 Å². The molecule has 8 heteroatoms. The topological polar surface area (TPSA) is 61.9 Å². The van der Waals surface area contributed by atoms with E-state index >= 15 is 0 Å². The number of likely N-dealkylation sites (tertiary alicyclic amines) is 1. The van der Waals surface area contributed by atoms with E-state index in [-0.39, 0.29) is 30.3 Å². The Labute approximate surface area is 162 Å². The van der Waals surface area contributed by atoms with Gasteiger partial charge in [-0.1, -0.05) is 15.9 Å². The van der Waals surface area contributed by atoms with Crippen molar-refractivity contribution in [3.05, 3.63) is 28.2 Å². The third-order valence-electron chi connectivity index (χ3n) is 4.64. The lowest BCUT2D eigenvalue weighted by Gasteiger charge is -2.41. The van der Waals surface area contributed by atoms with E-state index in [1.165, 1.54) is 0 Å². The molecule has 2 amide bonds. The molecule has 2 aliphatic rings. The van der Waals surface area contributed by atoms with Gasteiger partial charge in [0, 0.05) is 36.7 Å². The minimum Gasteiger partial charge on any atom is -0.496 e. The number of hydrogen-bond donors (Lipinski definition) is 1. The second-order valence-corrected chi connectivity index (χ2v) is 7.07. The summed E-state index contributed by atoms with van der Waals surface area (Å²) in [4.78, 5) is 28.8. The molecule has 2 heterocycles. The second kappa shape index (κ2) is 8.87. The summed E-state index contributed by atoms with van der Waals surface area (Å²) < 4.78 is 6.22. The average Bonchev–Trinajstić information content (AvgIpc) is 2.61. The minimum atomic E-state index is -0.0355. The number of amides is 2. The molecule has 138 valence electrons. The maximum Gasteiger partial charge on any atom is 0.257 e. The van der Waals surface area contributed by atoms with E-state index in [2.05, 4.69) is 21.2 Å².